The first-order valence-corrected chi connectivity index (χ1v) is 11.4. The van der Waals surface area contributed by atoms with Crippen LogP contribution in [0.4, 0.5) is 24.5 Å². The second-order valence-electron chi connectivity index (χ2n) is 8.81. The van der Waals surface area contributed by atoms with Crippen molar-refractivity contribution in [2.75, 3.05) is 43.4 Å². The Kier molecular flexibility index (Phi) is 8.33. The summed E-state index contributed by atoms with van der Waals surface area (Å²) >= 11 is 0. The molecule has 2 aromatic carbocycles. The molecule has 0 spiro atoms. The Morgan fingerprint density at radius 1 is 0.882 bits per heavy atom. The lowest BCUT2D eigenvalue weighted by molar-refractivity contribution is -0.137. The van der Waals surface area contributed by atoms with E-state index in [-0.39, 0.29) is 30.1 Å². The molecule has 0 aromatic heterocycles. The van der Waals surface area contributed by atoms with Crippen molar-refractivity contribution < 1.29 is 22.8 Å². The number of benzene rings is 2. The molecule has 2 amide bonds. The molecule has 9 heteroatoms. The number of anilines is 2. The smallest absolute Gasteiger partial charge is 0.324 e. The molecule has 2 aromatic rings. The molecule has 2 N–H and O–H groups in total. The van der Waals surface area contributed by atoms with Crippen LogP contribution in [-0.4, -0.2) is 60.4 Å². The zero-order valence-corrected chi connectivity index (χ0v) is 19.7. The van der Waals surface area contributed by atoms with E-state index in [1.165, 1.54) is 18.2 Å². The first kappa shape index (κ1) is 25.7. The van der Waals surface area contributed by atoms with E-state index in [1.54, 1.807) is 0 Å². The van der Waals surface area contributed by atoms with Gasteiger partial charge < -0.3 is 10.6 Å². The fourth-order valence-corrected chi connectivity index (χ4v) is 4.06. The molecule has 1 atom stereocenters. The Morgan fingerprint density at radius 3 is 2.09 bits per heavy atom. The van der Waals surface area contributed by atoms with Gasteiger partial charge in [0.05, 0.1) is 23.8 Å². The molecule has 0 aliphatic carbocycles. The molecule has 184 valence electrons. The Balaban J connectivity index is 1.51. The summed E-state index contributed by atoms with van der Waals surface area (Å²) in [4.78, 5) is 29.1. The summed E-state index contributed by atoms with van der Waals surface area (Å²) in [6.07, 6.45) is -4.54. The van der Waals surface area contributed by atoms with Gasteiger partial charge in [-0.1, -0.05) is 44.2 Å². The second-order valence-corrected chi connectivity index (χ2v) is 8.81. The first-order chi connectivity index (χ1) is 16.1. The van der Waals surface area contributed by atoms with Gasteiger partial charge in [0, 0.05) is 31.9 Å². The predicted molar refractivity (Wildman–Crippen MR) is 127 cm³/mol. The largest absolute Gasteiger partial charge is 0.418 e. The lowest BCUT2D eigenvalue weighted by Gasteiger charge is -2.37. The monoisotopic (exact) mass is 476 g/mol. The van der Waals surface area contributed by atoms with E-state index < -0.39 is 17.6 Å². The van der Waals surface area contributed by atoms with Crippen molar-refractivity contribution in [1.29, 1.82) is 0 Å². The van der Waals surface area contributed by atoms with E-state index >= 15 is 0 Å². The number of hydrogen-bond donors (Lipinski definition) is 2. The van der Waals surface area contributed by atoms with Crippen LogP contribution >= 0.6 is 0 Å². The first-order valence-electron chi connectivity index (χ1n) is 11.4. The van der Waals surface area contributed by atoms with Crippen LogP contribution in [-0.2, 0) is 15.8 Å². The van der Waals surface area contributed by atoms with Crippen LogP contribution in [0.2, 0.25) is 0 Å². The Labute approximate surface area is 198 Å². The minimum Gasteiger partial charge on any atom is -0.324 e. The van der Waals surface area contributed by atoms with Crippen molar-refractivity contribution in [2.45, 2.75) is 38.9 Å². The number of carbonyl (C=O) groups excluding carboxylic acids is 2. The number of piperazine rings is 1. The summed E-state index contributed by atoms with van der Waals surface area (Å²) in [6, 6.07) is 12.3. The molecule has 3 rings (SSSR count). The van der Waals surface area contributed by atoms with E-state index in [9.17, 15) is 22.8 Å². The maximum Gasteiger partial charge on any atom is 0.418 e. The summed E-state index contributed by atoms with van der Waals surface area (Å²) in [6.45, 7) is 8.21. The van der Waals surface area contributed by atoms with Gasteiger partial charge >= 0.3 is 6.18 Å². The van der Waals surface area contributed by atoms with Crippen molar-refractivity contribution in [3.8, 4) is 0 Å². The van der Waals surface area contributed by atoms with Crippen molar-refractivity contribution in [3.05, 3.63) is 59.7 Å². The molecule has 34 heavy (non-hydrogen) atoms. The predicted octanol–water partition coefficient (Wildman–Crippen LogP) is 4.41. The van der Waals surface area contributed by atoms with Crippen molar-refractivity contribution in [3.63, 3.8) is 0 Å². The highest BCUT2D eigenvalue weighted by atomic mass is 19.4. The summed E-state index contributed by atoms with van der Waals surface area (Å²) in [5.41, 5.74) is 0.771. The van der Waals surface area contributed by atoms with Gasteiger partial charge in [0.1, 0.15) is 0 Å². The third-order valence-electron chi connectivity index (χ3n) is 6.05. The minimum atomic E-state index is -4.54. The molecule has 1 saturated heterocycles. The molecular formula is C25H31F3N4O2. The zero-order valence-electron chi connectivity index (χ0n) is 19.7. The number of alkyl halides is 3. The topological polar surface area (TPSA) is 64.7 Å². The third kappa shape index (κ3) is 6.57. The normalized spacial score (nSPS) is 16.3. The number of carbonyl (C=O) groups is 2. The van der Waals surface area contributed by atoms with E-state index in [0.29, 0.717) is 26.2 Å². The quantitative estimate of drug-likeness (QED) is 0.621. The second kappa shape index (κ2) is 11.0. The van der Waals surface area contributed by atoms with Crippen molar-refractivity contribution in [1.82, 2.24) is 9.80 Å². The van der Waals surface area contributed by atoms with Gasteiger partial charge in [-0.3, -0.25) is 19.4 Å². The van der Waals surface area contributed by atoms with Crippen LogP contribution in [0.1, 0.15) is 37.8 Å². The van der Waals surface area contributed by atoms with Gasteiger partial charge in [-0.2, -0.15) is 13.2 Å². The summed E-state index contributed by atoms with van der Waals surface area (Å²) in [5.74, 6) is -0.311. The van der Waals surface area contributed by atoms with Crippen LogP contribution in [0, 0.1) is 0 Å². The molecule has 1 heterocycles. The summed E-state index contributed by atoms with van der Waals surface area (Å²) in [5, 5.41) is 5.41. The lowest BCUT2D eigenvalue weighted by atomic mass is 10.0. The van der Waals surface area contributed by atoms with Gasteiger partial charge in [-0.25, -0.2) is 0 Å². The molecule has 1 aliphatic heterocycles. The van der Waals surface area contributed by atoms with E-state index in [0.717, 1.165) is 17.3 Å². The van der Waals surface area contributed by atoms with E-state index in [1.807, 2.05) is 41.0 Å². The summed E-state index contributed by atoms with van der Waals surface area (Å²) in [7, 11) is 0. The molecule has 0 radical (unpaired) electrons. The number of amides is 2. The Hall–Kier alpha value is -2.91. The zero-order chi connectivity index (χ0) is 24.9. The number of nitrogens with zero attached hydrogens (tertiary/aromatic N) is 2. The minimum absolute atomic E-state index is 0.0115. The van der Waals surface area contributed by atoms with Crippen molar-refractivity contribution in [2.24, 2.45) is 0 Å². The standard InChI is InChI=1S/C25H31F3N4O2/c1-17(2)19-8-4-6-10-21(19)30-24(34)18(3)32-14-12-31(13-15-32)16-23(33)29-22-11-7-5-9-20(22)25(26,27)28/h4-11,17-18H,12-16H2,1-3H3,(H,29,33)(H,30,34). The van der Waals surface area contributed by atoms with Gasteiger partial charge in [0.15, 0.2) is 0 Å². The van der Waals surface area contributed by atoms with E-state index in [2.05, 4.69) is 24.5 Å². The fourth-order valence-electron chi connectivity index (χ4n) is 4.06. The lowest BCUT2D eigenvalue weighted by Crippen LogP contribution is -2.53. The highest BCUT2D eigenvalue weighted by molar-refractivity contribution is 5.95. The number of hydrogen-bond acceptors (Lipinski definition) is 4. The highest BCUT2D eigenvalue weighted by Crippen LogP contribution is 2.34. The van der Waals surface area contributed by atoms with Gasteiger partial charge in [0.25, 0.3) is 0 Å². The maximum absolute atomic E-state index is 13.1. The highest BCUT2D eigenvalue weighted by Gasteiger charge is 2.34. The third-order valence-corrected chi connectivity index (χ3v) is 6.05. The van der Waals surface area contributed by atoms with Crippen LogP contribution in [0.25, 0.3) is 0 Å². The average Bonchev–Trinajstić information content (AvgIpc) is 2.79. The Morgan fingerprint density at radius 2 is 1.47 bits per heavy atom. The molecule has 6 nitrogen and oxygen atoms in total. The molecule has 0 saturated carbocycles. The van der Waals surface area contributed by atoms with Gasteiger partial charge in [-0.05, 0) is 36.6 Å². The summed E-state index contributed by atoms with van der Waals surface area (Å²) < 4.78 is 39.4. The molecule has 1 aliphatic rings. The van der Waals surface area contributed by atoms with Crippen LogP contribution in [0.15, 0.2) is 48.5 Å². The molecule has 0 bridgehead atoms. The molecule has 1 fully saturated rings. The van der Waals surface area contributed by atoms with Crippen LogP contribution in [0.3, 0.4) is 0 Å². The van der Waals surface area contributed by atoms with Gasteiger partial charge in [0.2, 0.25) is 11.8 Å². The number of nitrogens with one attached hydrogen (secondary N) is 2. The maximum atomic E-state index is 13.1. The molecular weight excluding hydrogens is 445 g/mol. The average molecular weight is 477 g/mol. The molecule has 1 unspecified atom stereocenters. The van der Waals surface area contributed by atoms with E-state index in [4.69, 9.17) is 0 Å². The Bertz CT molecular complexity index is 1000. The fraction of sp³-hybridized carbons (Fsp3) is 0.440. The number of rotatable bonds is 7. The number of para-hydroxylation sites is 2. The van der Waals surface area contributed by atoms with Gasteiger partial charge in [-0.15, -0.1) is 0 Å². The number of halogens is 3. The van der Waals surface area contributed by atoms with Crippen LogP contribution < -0.4 is 10.6 Å². The van der Waals surface area contributed by atoms with Crippen LogP contribution in [0.5, 0.6) is 0 Å². The SMILES string of the molecule is CC(C)c1ccccc1NC(=O)C(C)N1CCN(CC(=O)Nc2ccccc2C(F)(F)F)CC1. The van der Waals surface area contributed by atoms with Crippen molar-refractivity contribution >= 4 is 23.2 Å².